The van der Waals surface area contributed by atoms with Crippen LogP contribution in [0.25, 0.3) is 0 Å². The predicted molar refractivity (Wildman–Crippen MR) is 54.6 cm³/mol. The van der Waals surface area contributed by atoms with Crippen molar-refractivity contribution in [1.82, 2.24) is 0 Å². The molecular formula is C10H10N2O3. The van der Waals surface area contributed by atoms with Crippen molar-refractivity contribution in [1.29, 1.82) is 0 Å². The topological polar surface area (TPSA) is 70.9 Å². The Labute approximate surface area is 86.4 Å². The third-order valence-electron chi connectivity index (χ3n) is 2.18. The van der Waals surface area contributed by atoms with Crippen LogP contribution >= 0.6 is 0 Å². The molecule has 0 unspecified atom stereocenters. The quantitative estimate of drug-likeness (QED) is 0.412. The molecule has 1 aromatic rings. The fourth-order valence-electron chi connectivity index (χ4n) is 1.37. The highest BCUT2D eigenvalue weighted by Crippen LogP contribution is 2.28. The highest BCUT2D eigenvalue weighted by atomic mass is 16.5. The number of rotatable bonds is 1. The van der Waals surface area contributed by atoms with Gasteiger partial charge in [0.2, 0.25) is 0 Å². The van der Waals surface area contributed by atoms with E-state index >= 15 is 0 Å². The van der Waals surface area contributed by atoms with E-state index < -0.39 is 0 Å². The molecule has 0 spiro atoms. The maximum absolute atomic E-state index is 11.1. The molecule has 0 saturated heterocycles. The number of ether oxygens (including phenoxy) is 1. The van der Waals surface area contributed by atoms with Gasteiger partial charge in [-0.15, -0.1) is 0 Å². The van der Waals surface area contributed by atoms with E-state index in [1.165, 1.54) is 0 Å². The molecule has 0 fully saturated rings. The maximum atomic E-state index is 11.1. The number of nitrogens with zero attached hydrogens (tertiary/aromatic N) is 1. The molecular weight excluding hydrogens is 196 g/mol. The Bertz CT molecular complexity index is 440. The lowest BCUT2D eigenvalue weighted by Crippen LogP contribution is -2.25. The van der Waals surface area contributed by atoms with Crippen LogP contribution in [0.4, 0.5) is 5.69 Å². The Morgan fingerprint density at radius 2 is 2.40 bits per heavy atom. The Hall–Kier alpha value is -2.04. The van der Waals surface area contributed by atoms with Crippen molar-refractivity contribution < 1.29 is 14.7 Å². The molecule has 2 rings (SSSR count). The molecule has 1 amide bonds. The minimum atomic E-state index is -0.182. The van der Waals surface area contributed by atoms with Gasteiger partial charge in [0.05, 0.1) is 11.4 Å². The van der Waals surface area contributed by atoms with Crippen LogP contribution in [0.1, 0.15) is 12.5 Å². The SMILES string of the molecule is C/C(=N/O)c1ccc2c(c1)NC(=O)CO2. The summed E-state index contributed by atoms with van der Waals surface area (Å²) in [6, 6.07) is 5.21. The first kappa shape index (κ1) is 9.51. The third kappa shape index (κ3) is 1.76. The monoisotopic (exact) mass is 206 g/mol. The van der Waals surface area contributed by atoms with Gasteiger partial charge < -0.3 is 15.3 Å². The van der Waals surface area contributed by atoms with E-state index in [9.17, 15) is 4.79 Å². The van der Waals surface area contributed by atoms with Gasteiger partial charge in [0.15, 0.2) is 6.61 Å². The summed E-state index contributed by atoms with van der Waals surface area (Å²) in [5.74, 6) is 0.447. The highest BCUT2D eigenvalue weighted by Gasteiger charge is 2.16. The third-order valence-corrected chi connectivity index (χ3v) is 2.18. The number of hydrogen-bond acceptors (Lipinski definition) is 4. The first-order chi connectivity index (χ1) is 7.20. The molecule has 5 nitrogen and oxygen atoms in total. The zero-order valence-electron chi connectivity index (χ0n) is 8.15. The summed E-state index contributed by atoms with van der Waals surface area (Å²) in [6.07, 6.45) is 0. The Balaban J connectivity index is 2.41. The minimum Gasteiger partial charge on any atom is -0.482 e. The summed E-state index contributed by atoms with van der Waals surface area (Å²) in [5.41, 5.74) is 1.83. The van der Waals surface area contributed by atoms with Gasteiger partial charge in [0.25, 0.3) is 5.91 Å². The molecule has 78 valence electrons. The molecule has 1 heterocycles. The molecule has 1 aromatic carbocycles. The van der Waals surface area contributed by atoms with Crippen molar-refractivity contribution in [3.8, 4) is 5.75 Å². The van der Waals surface area contributed by atoms with E-state index in [1.807, 2.05) is 0 Å². The van der Waals surface area contributed by atoms with Crippen LogP contribution in [0.3, 0.4) is 0 Å². The van der Waals surface area contributed by atoms with Crippen molar-refractivity contribution in [3.63, 3.8) is 0 Å². The average Bonchev–Trinajstić information content (AvgIpc) is 2.27. The fourth-order valence-corrected chi connectivity index (χ4v) is 1.37. The molecule has 1 aliphatic rings. The standard InChI is InChI=1S/C10H10N2O3/c1-6(12-14)7-2-3-9-8(4-7)11-10(13)5-15-9/h2-4,14H,5H2,1H3,(H,11,13)/b12-6-. The van der Waals surface area contributed by atoms with Crippen LogP contribution in [-0.2, 0) is 4.79 Å². The summed E-state index contributed by atoms with van der Waals surface area (Å²) < 4.78 is 5.19. The van der Waals surface area contributed by atoms with Crippen LogP contribution in [0.15, 0.2) is 23.4 Å². The van der Waals surface area contributed by atoms with Crippen LogP contribution in [0.2, 0.25) is 0 Å². The zero-order valence-corrected chi connectivity index (χ0v) is 8.15. The van der Waals surface area contributed by atoms with Gasteiger partial charge in [-0.05, 0) is 25.1 Å². The number of carbonyl (C=O) groups is 1. The fraction of sp³-hybridized carbons (Fsp3) is 0.200. The van der Waals surface area contributed by atoms with Gasteiger partial charge in [-0.1, -0.05) is 5.16 Å². The number of benzene rings is 1. The number of carbonyl (C=O) groups excluding carboxylic acids is 1. The van der Waals surface area contributed by atoms with E-state index in [-0.39, 0.29) is 12.5 Å². The second kappa shape index (κ2) is 3.61. The number of hydrogen-bond donors (Lipinski definition) is 2. The highest BCUT2D eigenvalue weighted by molar-refractivity contribution is 6.01. The molecule has 0 radical (unpaired) electrons. The number of amides is 1. The molecule has 15 heavy (non-hydrogen) atoms. The van der Waals surface area contributed by atoms with Crippen molar-refractivity contribution in [2.24, 2.45) is 5.16 Å². The Morgan fingerprint density at radius 3 is 3.13 bits per heavy atom. The molecule has 1 aliphatic heterocycles. The van der Waals surface area contributed by atoms with Crippen molar-refractivity contribution >= 4 is 17.3 Å². The Kier molecular flexibility index (Phi) is 2.29. The van der Waals surface area contributed by atoms with Gasteiger partial charge in [-0.25, -0.2) is 0 Å². The number of nitrogens with one attached hydrogen (secondary N) is 1. The molecule has 0 bridgehead atoms. The predicted octanol–water partition coefficient (Wildman–Crippen LogP) is 1.22. The summed E-state index contributed by atoms with van der Waals surface area (Å²) in [6.45, 7) is 1.71. The average molecular weight is 206 g/mol. The van der Waals surface area contributed by atoms with E-state index in [2.05, 4.69) is 10.5 Å². The van der Waals surface area contributed by atoms with Crippen molar-refractivity contribution in [3.05, 3.63) is 23.8 Å². The first-order valence-corrected chi connectivity index (χ1v) is 4.46. The van der Waals surface area contributed by atoms with Crippen LogP contribution in [0.5, 0.6) is 5.75 Å². The van der Waals surface area contributed by atoms with Crippen LogP contribution < -0.4 is 10.1 Å². The summed E-state index contributed by atoms with van der Waals surface area (Å²) >= 11 is 0. The van der Waals surface area contributed by atoms with E-state index in [1.54, 1.807) is 25.1 Å². The maximum Gasteiger partial charge on any atom is 0.262 e. The molecule has 0 saturated carbocycles. The molecule has 2 N–H and O–H groups in total. The second-order valence-corrected chi connectivity index (χ2v) is 3.23. The largest absolute Gasteiger partial charge is 0.482 e. The van der Waals surface area contributed by atoms with Gasteiger partial charge >= 0.3 is 0 Å². The van der Waals surface area contributed by atoms with Crippen molar-refractivity contribution in [2.75, 3.05) is 11.9 Å². The van der Waals surface area contributed by atoms with E-state index in [0.717, 1.165) is 5.56 Å². The molecule has 5 heteroatoms. The van der Waals surface area contributed by atoms with Gasteiger partial charge in [0, 0.05) is 5.56 Å². The van der Waals surface area contributed by atoms with E-state index in [4.69, 9.17) is 9.94 Å². The lowest BCUT2D eigenvalue weighted by atomic mass is 10.1. The van der Waals surface area contributed by atoms with Gasteiger partial charge in [-0.2, -0.15) is 0 Å². The second-order valence-electron chi connectivity index (χ2n) is 3.23. The van der Waals surface area contributed by atoms with Gasteiger partial charge in [0.1, 0.15) is 5.75 Å². The number of oxime groups is 1. The zero-order chi connectivity index (χ0) is 10.8. The smallest absolute Gasteiger partial charge is 0.262 e. The Morgan fingerprint density at radius 1 is 1.60 bits per heavy atom. The molecule has 0 aromatic heterocycles. The molecule has 0 aliphatic carbocycles. The van der Waals surface area contributed by atoms with Gasteiger partial charge in [-0.3, -0.25) is 4.79 Å². The van der Waals surface area contributed by atoms with E-state index in [0.29, 0.717) is 17.1 Å². The number of anilines is 1. The summed E-state index contributed by atoms with van der Waals surface area (Å²) in [5, 5.41) is 14.4. The summed E-state index contributed by atoms with van der Waals surface area (Å²) in [4.78, 5) is 11.1. The normalized spacial score (nSPS) is 15.3. The minimum absolute atomic E-state index is 0.0411. The van der Waals surface area contributed by atoms with Crippen LogP contribution in [0, 0.1) is 0 Å². The number of fused-ring (bicyclic) bond motifs is 1. The van der Waals surface area contributed by atoms with Crippen molar-refractivity contribution in [2.45, 2.75) is 6.92 Å². The van der Waals surface area contributed by atoms with Crippen LogP contribution in [-0.4, -0.2) is 23.4 Å². The lowest BCUT2D eigenvalue weighted by Gasteiger charge is -2.18. The molecule has 0 atom stereocenters. The lowest BCUT2D eigenvalue weighted by molar-refractivity contribution is -0.118. The first-order valence-electron chi connectivity index (χ1n) is 4.46. The summed E-state index contributed by atoms with van der Waals surface area (Å²) in [7, 11) is 0.